The number of aromatic nitrogens is 4. The van der Waals surface area contributed by atoms with Gasteiger partial charge in [-0.2, -0.15) is 4.98 Å². The lowest BCUT2D eigenvalue weighted by atomic mass is 10.2. The van der Waals surface area contributed by atoms with Gasteiger partial charge in [0.15, 0.2) is 10.2 Å². The molecule has 25 heavy (non-hydrogen) atoms. The second-order valence-corrected chi connectivity index (χ2v) is 8.19. The van der Waals surface area contributed by atoms with E-state index in [1.807, 2.05) is 25.1 Å². The number of rotatable bonds is 9. The first kappa shape index (κ1) is 17.9. The van der Waals surface area contributed by atoms with Crippen LogP contribution in [-0.2, 0) is 13.0 Å². The number of hydrogen-bond donors (Lipinski definition) is 1. The molecule has 132 valence electrons. The average Bonchev–Trinajstić information content (AvgIpc) is 3.28. The highest BCUT2D eigenvalue weighted by Crippen LogP contribution is 2.36. The van der Waals surface area contributed by atoms with E-state index in [1.165, 1.54) is 16.9 Å². The third kappa shape index (κ3) is 5.27. The molecule has 1 atom stereocenters. The Morgan fingerprint density at radius 1 is 1.24 bits per heavy atom. The van der Waals surface area contributed by atoms with Crippen LogP contribution >= 0.6 is 23.1 Å². The highest BCUT2D eigenvalue weighted by Gasteiger charge is 2.18. The van der Waals surface area contributed by atoms with Gasteiger partial charge in [-0.3, -0.25) is 0 Å². The van der Waals surface area contributed by atoms with Crippen molar-refractivity contribution in [1.29, 1.82) is 0 Å². The van der Waals surface area contributed by atoms with Crippen molar-refractivity contribution in [3.8, 4) is 0 Å². The molecule has 1 aromatic carbocycles. The van der Waals surface area contributed by atoms with Gasteiger partial charge in [-0.05, 0) is 18.9 Å². The van der Waals surface area contributed by atoms with Gasteiger partial charge in [0, 0.05) is 13.0 Å². The molecular weight excluding hydrogens is 354 g/mol. The Bertz CT molecular complexity index is 774. The summed E-state index contributed by atoms with van der Waals surface area (Å²) in [6.45, 7) is 4.93. The Labute approximate surface area is 155 Å². The highest BCUT2D eigenvalue weighted by atomic mass is 32.2. The maximum absolute atomic E-state index is 5.37. The van der Waals surface area contributed by atoms with Crippen LogP contribution in [0.15, 0.2) is 39.2 Å². The Morgan fingerprint density at radius 3 is 2.88 bits per heavy atom. The molecule has 2 heterocycles. The van der Waals surface area contributed by atoms with Crippen molar-refractivity contribution >= 4 is 28.2 Å². The van der Waals surface area contributed by atoms with Crippen LogP contribution in [0.25, 0.3) is 0 Å². The number of benzene rings is 1. The second kappa shape index (κ2) is 8.96. The van der Waals surface area contributed by atoms with Crippen LogP contribution in [0.1, 0.15) is 49.2 Å². The van der Waals surface area contributed by atoms with E-state index in [9.17, 15) is 0 Å². The summed E-state index contributed by atoms with van der Waals surface area (Å²) < 4.78 is 6.25. The van der Waals surface area contributed by atoms with E-state index in [1.54, 1.807) is 11.8 Å². The molecule has 8 heteroatoms. The summed E-state index contributed by atoms with van der Waals surface area (Å²) in [6, 6.07) is 10.2. The zero-order valence-corrected chi connectivity index (χ0v) is 15.9. The minimum atomic E-state index is 0.0535. The zero-order valence-electron chi connectivity index (χ0n) is 14.3. The minimum Gasteiger partial charge on any atom is -0.356 e. The molecule has 0 saturated heterocycles. The molecule has 2 aromatic heterocycles. The molecule has 1 unspecified atom stereocenters. The van der Waals surface area contributed by atoms with Crippen molar-refractivity contribution in [3.63, 3.8) is 0 Å². The third-order valence-corrected chi connectivity index (χ3v) is 5.61. The number of anilines is 1. The Hall–Kier alpha value is -1.93. The predicted octanol–water partition coefficient (Wildman–Crippen LogP) is 4.73. The molecule has 0 saturated carbocycles. The van der Waals surface area contributed by atoms with Gasteiger partial charge < -0.3 is 9.84 Å². The van der Waals surface area contributed by atoms with Gasteiger partial charge in [0.1, 0.15) is 0 Å². The summed E-state index contributed by atoms with van der Waals surface area (Å²) in [7, 11) is 0. The molecular formula is C17H21N5OS2. The molecule has 1 N–H and O–H groups in total. The van der Waals surface area contributed by atoms with Crippen LogP contribution in [0.5, 0.6) is 0 Å². The van der Waals surface area contributed by atoms with Crippen LogP contribution in [0.2, 0.25) is 0 Å². The molecule has 6 nitrogen and oxygen atoms in total. The van der Waals surface area contributed by atoms with E-state index < -0.39 is 0 Å². The third-order valence-electron chi connectivity index (χ3n) is 3.56. The number of hydrogen-bond acceptors (Lipinski definition) is 8. The highest BCUT2D eigenvalue weighted by molar-refractivity contribution is 8.01. The maximum Gasteiger partial charge on any atom is 0.239 e. The van der Waals surface area contributed by atoms with Gasteiger partial charge in [0.25, 0.3) is 0 Å². The fourth-order valence-electron chi connectivity index (χ4n) is 2.17. The van der Waals surface area contributed by atoms with Gasteiger partial charge in [0.05, 0.1) is 5.25 Å². The SMILES string of the molecule is CCCCc1noc(C(C)Sc2nnc(NCc3ccccc3)s2)n1. The molecule has 0 aliphatic carbocycles. The number of nitrogens with zero attached hydrogens (tertiary/aromatic N) is 4. The standard InChI is InChI=1S/C17H21N5OS2/c1-3-4-10-14-19-15(23-22-14)12(2)24-17-21-20-16(25-17)18-11-13-8-6-5-7-9-13/h5-9,12H,3-4,10-11H2,1-2H3,(H,18,20). The minimum absolute atomic E-state index is 0.0535. The Kier molecular flexibility index (Phi) is 6.41. The van der Waals surface area contributed by atoms with Gasteiger partial charge >= 0.3 is 0 Å². The molecule has 3 rings (SSSR count). The van der Waals surface area contributed by atoms with Crippen LogP contribution in [0.4, 0.5) is 5.13 Å². The molecule has 0 spiro atoms. The van der Waals surface area contributed by atoms with E-state index in [0.29, 0.717) is 5.89 Å². The van der Waals surface area contributed by atoms with Crippen LogP contribution in [0, 0.1) is 0 Å². The summed E-state index contributed by atoms with van der Waals surface area (Å²) in [6.07, 6.45) is 3.06. The molecule has 0 fully saturated rings. The molecule has 0 radical (unpaired) electrons. The van der Waals surface area contributed by atoms with Crippen molar-refractivity contribution in [1.82, 2.24) is 20.3 Å². The van der Waals surface area contributed by atoms with Crippen LogP contribution in [-0.4, -0.2) is 20.3 Å². The summed E-state index contributed by atoms with van der Waals surface area (Å²) in [5.74, 6) is 1.43. The second-order valence-electron chi connectivity index (χ2n) is 5.62. The summed E-state index contributed by atoms with van der Waals surface area (Å²) in [5, 5.41) is 16.6. The van der Waals surface area contributed by atoms with E-state index in [4.69, 9.17) is 4.52 Å². The molecule has 0 bridgehead atoms. The monoisotopic (exact) mass is 375 g/mol. The first-order chi connectivity index (χ1) is 12.2. The zero-order chi connectivity index (χ0) is 17.5. The van der Waals surface area contributed by atoms with Crippen molar-refractivity contribution < 1.29 is 4.52 Å². The van der Waals surface area contributed by atoms with E-state index in [0.717, 1.165) is 41.1 Å². The Balaban J connectivity index is 1.52. The van der Waals surface area contributed by atoms with Crippen molar-refractivity contribution in [3.05, 3.63) is 47.6 Å². The summed E-state index contributed by atoms with van der Waals surface area (Å²) in [4.78, 5) is 4.47. The normalized spacial score (nSPS) is 12.2. The molecule has 0 amide bonds. The van der Waals surface area contributed by atoms with Crippen molar-refractivity contribution in [2.24, 2.45) is 0 Å². The smallest absolute Gasteiger partial charge is 0.239 e. The fraction of sp³-hybridized carbons (Fsp3) is 0.412. The number of unbranched alkanes of at least 4 members (excludes halogenated alkanes) is 1. The van der Waals surface area contributed by atoms with Crippen LogP contribution in [0.3, 0.4) is 0 Å². The quantitative estimate of drug-likeness (QED) is 0.542. The van der Waals surface area contributed by atoms with Crippen molar-refractivity contribution in [2.75, 3.05) is 5.32 Å². The summed E-state index contributed by atoms with van der Waals surface area (Å²) in [5.41, 5.74) is 1.21. The lowest BCUT2D eigenvalue weighted by Gasteiger charge is -2.02. The van der Waals surface area contributed by atoms with Gasteiger partial charge in [-0.25, -0.2) is 0 Å². The average molecular weight is 376 g/mol. The number of nitrogens with one attached hydrogen (secondary N) is 1. The van der Waals surface area contributed by atoms with Crippen molar-refractivity contribution in [2.45, 2.75) is 49.2 Å². The lowest BCUT2D eigenvalue weighted by molar-refractivity contribution is 0.374. The van der Waals surface area contributed by atoms with Gasteiger partial charge in [-0.15, -0.1) is 10.2 Å². The number of thioether (sulfide) groups is 1. The number of aryl methyl sites for hydroxylation is 1. The van der Waals surface area contributed by atoms with Gasteiger partial charge in [-0.1, -0.05) is 71.9 Å². The molecule has 3 aromatic rings. The fourth-order valence-corrected chi connectivity index (χ4v) is 4.10. The van der Waals surface area contributed by atoms with E-state index in [2.05, 4.69) is 44.7 Å². The van der Waals surface area contributed by atoms with E-state index >= 15 is 0 Å². The van der Waals surface area contributed by atoms with Crippen LogP contribution < -0.4 is 5.32 Å². The van der Waals surface area contributed by atoms with Gasteiger partial charge in [0.2, 0.25) is 11.0 Å². The lowest BCUT2D eigenvalue weighted by Crippen LogP contribution is -1.98. The molecule has 0 aliphatic rings. The summed E-state index contributed by atoms with van der Waals surface area (Å²) >= 11 is 3.12. The topological polar surface area (TPSA) is 76.7 Å². The first-order valence-corrected chi connectivity index (χ1v) is 10.0. The first-order valence-electron chi connectivity index (χ1n) is 8.35. The van der Waals surface area contributed by atoms with E-state index in [-0.39, 0.29) is 5.25 Å². The predicted molar refractivity (Wildman–Crippen MR) is 101 cm³/mol. The largest absolute Gasteiger partial charge is 0.356 e. The maximum atomic E-state index is 5.37. The Morgan fingerprint density at radius 2 is 2.08 bits per heavy atom. The molecule has 0 aliphatic heterocycles.